The molecule has 19 heavy (non-hydrogen) atoms. The van der Waals surface area contributed by atoms with Crippen LogP contribution in [-0.2, 0) is 10.2 Å². The van der Waals surface area contributed by atoms with Crippen LogP contribution in [0.25, 0.3) is 0 Å². The normalized spacial score (nSPS) is 23.5. The Morgan fingerprint density at radius 3 is 2.37 bits per heavy atom. The number of hydrogen-bond donors (Lipinski definition) is 1. The second-order valence-electron chi connectivity index (χ2n) is 6.26. The smallest absolute Gasteiger partial charge is 0.307 e. The molecule has 2 unspecified atom stereocenters. The van der Waals surface area contributed by atoms with Gasteiger partial charge in [0.15, 0.2) is 5.78 Å². The number of carboxylic acid groups (broad SMARTS) is 1. The zero-order chi connectivity index (χ0) is 14.2. The summed E-state index contributed by atoms with van der Waals surface area (Å²) in [5.74, 6) is -1.63. The summed E-state index contributed by atoms with van der Waals surface area (Å²) in [4.78, 5) is 25.5. The molecule has 0 radical (unpaired) electrons. The van der Waals surface area contributed by atoms with Crippen molar-refractivity contribution in [2.24, 2.45) is 11.8 Å². The van der Waals surface area contributed by atoms with Gasteiger partial charge in [-0.2, -0.15) is 0 Å². The number of ketones is 1. The third kappa shape index (κ3) is 2.89. The van der Waals surface area contributed by atoms with Crippen molar-refractivity contribution in [1.82, 2.24) is 0 Å². The summed E-state index contributed by atoms with van der Waals surface area (Å²) >= 11 is 1.51. The van der Waals surface area contributed by atoms with E-state index >= 15 is 0 Å². The van der Waals surface area contributed by atoms with Crippen LogP contribution in [0.1, 0.15) is 54.6 Å². The Kier molecular flexibility index (Phi) is 3.81. The zero-order valence-electron chi connectivity index (χ0n) is 11.6. The molecule has 1 aromatic rings. The molecule has 1 saturated carbocycles. The SMILES string of the molecule is CC(C)(C)c1ccc(C(=O)C2CCCC2C(=O)O)s1. The predicted octanol–water partition coefficient (Wildman–Crippen LogP) is 3.73. The average Bonchev–Trinajstić information content (AvgIpc) is 2.96. The van der Waals surface area contributed by atoms with Gasteiger partial charge in [-0.25, -0.2) is 0 Å². The molecule has 2 atom stereocenters. The summed E-state index contributed by atoms with van der Waals surface area (Å²) in [7, 11) is 0. The quantitative estimate of drug-likeness (QED) is 0.858. The lowest BCUT2D eigenvalue weighted by atomic mass is 9.91. The Labute approximate surface area is 117 Å². The van der Waals surface area contributed by atoms with Crippen molar-refractivity contribution in [3.8, 4) is 0 Å². The van der Waals surface area contributed by atoms with Crippen molar-refractivity contribution in [2.45, 2.75) is 45.4 Å². The van der Waals surface area contributed by atoms with E-state index in [1.165, 1.54) is 16.2 Å². The first-order valence-corrected chi connectivity index (χ1v) is 7.49. The monoisotopic (exact) mass is 280 g/mol. The van der Waals surface area contributed by atoms with Gasteiger partial charge in [-0.15, -0.1) is 11.3 Å². The fraction of sp³-hybridized carbons (Fsp3) is 0.600. The topological polar surface area (TPSA) is 54.4 Å². The van der Waals surface area contributed by atoms with E-state index < -0.39 is 11.9 Å². The highest BCUT2D eigenvalue weighted by Gasteiger charge is 2.38. The van der Waals surface area contributed by atoms with Crippen LogP contribution in [0.2, 0.25) is 0 Å². The minimum atomic E-state index is -0.830. The Morgan fingerprint density at radius 2 is 1.84 bits per heavy atom. The van der Waals surface area contributed by atoms with Gasteiger partial charge in [0.25, 0.3) is 0 Å². The average molecular weight is 280 g/mol. The molecule has 0 saturated heterocycles. The maximum atomic E-state index is 12.4. The van der Waals surface area contributed by atoms with E-state index in [0.717, 1.165) is 6.42 Å². The minimum absolute atomic E-state index is 0.0189. The third-order valence-corrected chi connectivity index (χ3v) is 5.28. The number of carbonyl (C=O) groups is 2. The van der Waals surface area contributed by atoms with Crippen molar-refractivity contribution in [2.75, 3.05) is 0 Å². The van der Waals surface area contributed by atoms with Crippen LogP contribution in [0.4, 0.5) is 0 Å². The molecular weight excluding hydrogens is 260 g/mol. The summed E-state index contributed by atoms with van der Waals surface area (Å²) in [5, 5.41) is 9.17. The fourth-order valence-corrected chi connectivity index (χ4v) is 3.69. The molecule has 1 heterocycles. The Hall–Kier alpha value is -1.16. The van der Waals surface area contributed by atoms with Crippen molar-refractivity contribution >= 4 is 23.1 Å². The summed E-state index contributed by atoms with van der Waals surface area (Å²) in [6.45, 7) is 6.34. The van der Waals surface area contributed by atoms with Crippen LogP contribution in [0.5, 0.6) is 0 Å². The van der Waals surface area contributed by atoms with E-state index in [2.05, 4.69) is 20.8 Å². The molecule has 104 valence electrons. The van der Waals surface area contributed by atoms with Crippen LogP contribution in [-0.4, -0.2) is 16.9 Å². The van der Waals surface area contributed by atoms with Gasteiger partial charge in [-0.05, 0) is 30.4 Å². The molecule has 0 spiro atoms. The van der Waals surface area contributed by atoms with E-state index in [1.807, 2.05) is 12.1 Å². The second kappa shape index (κ2) is 5.08. The minimum Gasteiger partial charge on any atom is -0.481 e. The number of thiophene rings is 1. The predicted molar refractivity (Wildman–Crippen MR) is 75.8 cm³/mol. The largest absolute Gasteiger partial charge is 0.481 e. The summed E-state index contributed by atoms with van der Waals surface area (Å²) < 4.78 is 0. The van der Waals surface area contributed by atoms with Crippen LogP contribution >= 0.6 is 11.3 Å². The highest BCUT2D eigenvalue weighted by atomic mass is 32.1. The number of rotatable bonds is 3. The van der Waals surface area contributed by atoms with Crippen molar-refractivity contribution < 1.29 is 14.7 Å². The lowest BCUT2D eigenvalue weighted by Gasteiger charge is -2.16. The van der Waals surface area contributed by atoms with Gasteiger partial charge in [0.1, 0.15) is 0 Å². The number of carbonyl (C=O) groups excluding carboxylic acids is 1. The number of aliphatic carboxylic acids is 1. The Morgan fingerprint density at radius 1 is 1.21 bits per heavy atom. The van der Waals surface area contributed by atoms with Crippen LogP contribution < -0.4 is 0 Å². The van der Waals surface area contributed by atoms with Gasteiger partial charge in [-0.1, -0.05) is 27.2 Å². The number of hydrogen-bond acceptors (Lipinski definition) is 3. The molecule has 1 aliphatic carbocycles. The standard InChI is InChI=1S/C15H20O3S/c1-15(2,3)12-8-7-11(19-12)13(16)9-5-4-6-10(9)14(17)18/h7-10H,4-6H2,1-3H3,(H,17,18). The van der Waals surface area contributed by atoms with Crippen LogP contribution in [0.15, 0.2) is 12.1 Å². The highest BCUT2D eigenvalue weighted by Crippen LogP contribution is 2.37. The van der Waals surface area contributed by atoms with Gasteiger partial charge in [0.05, 0.1) is 10.8 Å². The van der Waals surface area contributed by atoms with Crippen LogP contribution in [0.3, 0.4) is 0 Å². The van der Waals surface area contributed by atoms with E-state index in [9.17, 15) is 9.59 Å². The van der Waals surface area contributed by atoms with Crippen molar-refractivity contribution in [3.63, 3.8) is 0 Å². The van der Waals surface area contributed by atoms with E-state index in [4.69, 9.17) is 5.11 Å². The molecule has 1 fully saturated rings. The zero-order valence-corrected chi connectivity index (χ0v) is 12.4. The summed E-state index contributed by atoms with van der Waals surface area (Å²) in [5.41, 5.74) is 0.0328. The molecule has 1 aromatic heterocycles. The first kappa shape index (κ1) is 14.3. The lowest BCUT2D eigenvalue weighted by molar-refractivity contribution is -0.142. The van der Waals surface area contributed by atoms with Crippen LogP contribution in [0, 0.1) is 11.8 Å². The van der Waals surface area contributed by atoms with E-state index in [-0.39, 0.29) is 17.1 Å². The molecule has 4 heteroatoms. The molecule has 0 amide bonds. The summed E-state index contributed by atoms with van der Waals surface area (Å²) in [6.07, 6.45) is 2.17. The van der Waals surface area contributed by atoms with Crippen molar-refractivity contribution in [1.29, 1.82) is 0 Å². The van der Waals surface area contributed by atoms with E-state index in [0.29, 0.717) is 17.7 Å². The van der Waals surface area contributed by atoms with Crippen molar-refractivity contribution in [3.05, 3.63) is 21.9 Å². The Balaban J connectivity index is 2.20. The molecule has 2 rings (SSSR count). The maximum absolute atomic E-state index is 12.4. The summed E-state index contributed by atoms with van der Waals surface area (Å²) in [6, 6.07) is 3.84. The molecule has 0 aromatic carbocycles. The first-order chi connectivity index (χ1) is 8.80. The Bertz CT molecular complexity index is 496. The fourth-order valence-electron chi connectivity index (χ4n) is 2.63. The molecule has 0 aliphatic heterocycles. The number of carboxylic acids is 1. The van der Waals surface area contributed by atoms with Gasteiger partial charge in [0, 0.05) is 10.8 Å². The van der Waals surface area contributed by atoms with Gasteiger partial charge >= 0.3 is 5.97 Å². The van der Waals surface area contributed by atoms with Gasteiger partial charge in [0.2, 0.25) is 0 Å². The molecular formula is C15H20O3S. The van der Waals surface area contributed by atoms with Gasteiger partial charge in [-0.3, -0.25) is 9.59 Å². The molecule has 1 aliphatic rings. The molecule has 0 bridgehead atoms. The lowest BCUT2D eigenvalue weighted by Crippen LogP contribution is -2.24. The van der Waals surface area contributed by atoms with Gasteiger partial charge < -0.3 is 5.11 Å². The molecule has 1 N–H and O–H groups in total. The second-order valence-corrected chi connectivity index (χ2v) is 7.34. The van der Waals surface area contributed by atoms with E-state index in [1.54, 1.807) is 0 Å². The first-order valence-electron chi connectivity index (χ1n) is 6.68. The highest BCUT2D eigenvalue weighted by molar-refractivity contribution is 7.14. The third-order valence-electron chi connectivity index (χ3n) is 3.76. The molecule has 3 nitrogen and oxygen atoms in total. The number of Topliss-reactive ketones (excluding diaryl/α,β-unsaturated/α-hetero) is 1. The maximum Gasteiger partial charge on any atom is 0.307 e.